The third-order valence-corrected chi connectivity index (χ3v) is 3.08. The van der Waals surface area contributed by atoms with Gasteiger partial charge in [-0.2, -0.15) is 0 Å². The molecule has 0 saturated carbocycles. The van der Waals surface area contributed by atoms with Crippen molar-refractivity contribution in [2.24, 2.45) is 0 Å². The molecule has 0 amide bonds. The summed E-state index contributed by atoms with van der Waals surface area (Å²) in [5, 5.41) is 11.1. The summed E-state index contributed by atoms with van der Waals surface area (Å²) >= 11 is 11.7. The maximum Gasteiger partial charge on any atom is 0.137 e. The monoisotopic (exact) mass is 283 g/mol. The number of ether oxygens (including phenoxy) is 1. The van der Waals surface area contributed by atoms with Crippen LogP contribution in [-0.4, -0.2) is 17.2 Å². The van der Waals surface area contributed by atoms with Gasteiger partial charge in [-0.1, -0.05) is 29.3 Å². The number of aliphatic hydroxyl groups is 1. The van der Waals surface area contributed by atoms with Gasteiger partial charge in [0.25, 0.3) is 0 Å². The maximum atomic E-state index is 10.2. The number of halogens is 2. The van der Waals surface area contributed by atoms with E-state index in [0.29, 0.717) is 27.1 Å². The van der Waals surface area contributed by atoms with Gasteiger partial charge in [0.05, 0.1) is 12.1 Å². The van der Waals surface area contributed by atoms with Crippen LogP contribution in [0.15, 0.2) is 36.5 Å². The number of hydrogen-bond donors (Lipinski definition) is 1. The first-order valence-corrected chi connectivity index (χ1v) is 6.00. The van der Waals surface area contributed by atoms with Crippen molar-refractivity contribution >= 4 is 23.2 Å². The van der Waals surface area contributed by atoms with Crippen LogP contribution in [0.25, 0.3) is 0 Å². The van der Waals surface area contributed by atoms with E-state index in [1.54, 1.807) is 36.5 Å². The quantitative estimate of drug-likeness (QED) is 0.877. The summed E-state index contributed by atoms with van der Waals surface area (Å²) in [5.41, 5.74) is 1.35. The predicted molar refractivity (Wildman–Crippen MR) is 71.3 cm³/mol. The third kappa shape index (κ3) is 2.75. The minimum atomic E-state index is -0.795. The van der Waals surface area contributed by atoms with Crippen molar-refractivity contribution in [2.45, 2.75) is 6.10 Å². The van der Waals surface area contributed by atoms with Crippen molar-refractivity contribution in [3.8, 4) is 5.75 Å². The van der Waals surface area contributed by atoms with Crippen LogP contribution in [0.3, 0.4) is 0 Å². The summed E-state index contributed by atoms with van der Waals surface area (Å²) in [5.74, 6) is 0.522. The number of nitrogens with zero attached hydrogens (tertiary/aromatic N) is 1. The van der Waals surface area contributed by atoms with E-state index in [9.17, 15) is 5.11 Å². The first-order chi connectivity index (χ1) is 8.61. The molecule has 0 bridgehead atoms. The molecule has 1 aromatic heterocycles. The Morgan fingerprint density at radius 3 is 2.56 bits per heavy atom. The van der Waals surface area contributed by atoms with Crippen LogP contribution in [0.4, 0.5) is 0 Å². The lowest BCUT2D eigenvalue weighted by molar-refractivity contribution is 0.219. The van der Waals surface area contributed by atoms with Crippen LogP contribution in [0, 0.1) is 0 Å². The summed E-state index contributed by atoms with van der Waals surface area (Å²) in [7, 11) is 1.53. The van der Waals surface area contributed by atoms with Crippen molar-refractivity contribution in [3.63, 3.8) is 0 Å². The second-order valence-corrected chi connectivity index (χ2v) is 4.50. The molecular formula is C13H11Cl2NO2. The molecule has 18 heavy (non-hydrogen) atoms. The highest BCUT2D eigenvalue weighted by molar-refractivity contribution is 6.32. The number of methoxy groups -OCH3 is 1. The Morgan fingerprint density at radius 1 is 1.17 bits per heavy atom. The SMILES string of the molecule is COc1cc(C(O)c2ccnc(Cl)c2)ccc1Cl. The number of aromatic nitrogens is 1. The zero-order chi connectivity index (χ0) is 13.1. The molecule has 0 saturated heterocycles. The second kappa shape index (κ2) is 5.57. The van der Waals surface area contributed by atoms with E-state index in [2.05, 4.69) is 4.98 Å². The second-order valence-electron chi connectivity index (χ2n) is 3.71. The molecule has 5 heteroatoms. The molecule has 2 rings (SSSR count). The average Bonchev–Trinajstić information content (AvgIpc) is 2.38. The maximum absolute atomic E-state index is 10.2. The lowest BCUT2D eigenvalue weighted by Gasteiger charge is -2.13. The molecule has 0 aliphatic rings. The van der Waals surface area contributed by atoms with Gasteiger partial charge in [0.15, 0.2) is 0 Å². The van der Waals surface area contributed by atoms with Gasteiger partial charge in [0.1, 0.15) is 17.0 Å². The van der Waals surface area contributed by atoms with Gasteiger partial charge >= 0.3 is 0 Å². The average molecular weight is 284 g/mol. The minimum Gasteiger partial charge on any atom is -0.495 e. The molecule has 0 aliphatic heterocycles. The van der Waals surface area contributed by atoms with Gasteiger partial charge < -0.3 is 9.84 Å². The van der Waals surface area contributed by atoms with E-state index in [0.717, 1.165) is 0 Å². The van der Waals surface area contributed by atoms with E-state index in [1.165, 1.54) is 7.11 Å². The molecule has 1 heterocycles. The molecule has 2 aromatic rings. The summed E-state index contributed by atoms with van der Waals surface area (Å²) in [6, 6.07) is 8.44. The molecule has 0 spiro atoms. The third-order valence-electron chi connectivity index (χ3n) is 2.56. The van der Waals surface area contributed by atoms with Crippen LogP contribution in [-0.2, 0) is 0 Å². The van der Waals surface area contributed by atoms with Crippen LogP contribution >= 0.6 is 23.2 Å². The molecule has 1 N–H and O–H groups in total. The van der Waals surface area contributed by atoms with E-state index in [-0.39, 0.29) is 0 Å². The Kier molecular flexibility index (Phi) is 4.07. The lowest BCUT2D eigenvalue weighted by Crippen LogP contribution is -2.00. The lowest BCUT2D eigenvalue weighted by atomic mass is 10.0. The first-order valence-electron chi connectivity index (χ1n) is 5.25. The zero-order valence-corrected chi connectivity index (χ0v) is 11.1. The van der Waals surface area contributed by atoms with Crippen molar-refractivity contribution in [2.75, 3.05) is 7.11 Å². The molecule has 94 valence electrons. The van der Waals surface area contributed by atoms with Crippen LogP contribution < -0.4 is 4.74 Å². The summed E-state index contributed by atoms with van der Waals surface area (Å²) < 4.78 is 5.11. The summed E-state index contributed by atoms with van der Waals surface area (Å²) in [4.78, 5) is 3.87. The fraction of sp³-hybridized carbons (Fsp3) is 0.154. The van der Waals surface area contributed by atoms with Gasteiger partial charge in [-0.25, -0.2) is 4.98 Å². The Balaban J connectivity index is 2.36. The van der Waals surface area contributed by atoms with Crippen molar-refractivity contribution in [1.82, 2.24) is 4.98 Å². The molecule has 0 radical (unpaired) electrons. The molecule has 3 nitrogen and oxygen atoms in total. The van der Waals surface area contributed by atoms with E-state index in [1.807, 2.05) is 0 Å². The van der Waals surface area contributed by atoms with Gasteiger partial charge in [-0.3, -0.25) is 0 Å². The van der Waals surface area contributed by atoms with Gasteiger partial charge in [-0.15, -0.1) is 0 Å². The topological polar surface area (TPSA) is 42.4 Å². The Bertz CT molecular complexity index is 560. The molecule has 0 fully saturated rings. The zero-order valence-electron chi connectivity index (χ0n) is 9.60. The van der Waals surface area contributed by atoms with E-state index in [4.69, 9.17) is 27.9 Å². The van der Waals surface area contributed by atoms with Crippen LogP contribution in [0.1, 0.15) is 17.2 Å². The highest BCUT2D eigenvalue weighted by Crippen LogP contribution is 2.30. The predicted octanol–water partition coefficient (Wildman–Crippen LogP) is 3.48. The first kappa shape index (κ1) is 13.1. The molecule has 1 atom stereocenters. The summed E-state index contributed by atoms with van der Waals surface area (Å²) in [6.07, 6.45) is 0.755. The van der Waals surface area contributed by atoms with Crippen molar-refractivity contribution in [3.05, 3.63) is 57.8 Å². The van der Waals surface area contributed by atoms with E-state index >= 15 is 0 Å². The highest BCUT2D eigenvalue weighted by atomic mass is 35.5. The minimum absolute atomic E-state index is 0.340. The highest BCUT2D eigenvalue weighted by Gasteiger charge is 2.13. The van der Waals surface area contributed by atoms with Gasteiger partial charge in [0.2, 0.25) is 0 Å². The molecule has 0 aliphatic carbocycles. The fourth-order valence-electron chi connectivity index (χ4n) is 1.63. The molecular weight excluding hydrogens is 273 g/mol. The van der Waals surface area contributed by atoms with Gasteiger partial charge in [0, 0.05) is 6.20 Å². The largest absolute Gasteiger partial charge is 0.495 e. The normalized spacial score (nSPS) is 12.2. The summed E-state index contributed by atoms with van der Waals surface area (Å²) in [6.45, 7) is 0. The van der Waals surface area contributed by atoms with E-state index < -0.39 is 6.10 Å². The van der Waals surface area contributed by atoms with Crippen molar-refractivity contribution in [1.29, 1.82) is 0 Å². The smallest absolute Gasteiger partial charge is 0.137 e. The fourth-order valence-corrected chi connectivity index (χ4v) is 2.00. The Labute approximate surface area is 115 Å². The number of hydrogen-bond acceptors (Lipinski definition) is 3. The Hall–Kier alpha value is -1.29. The van der Waals surface area contributed by atoms with Crippen molar-refractivity contribution < 1.29 is 9.84 Å². The van der Waals surface area contributed by atoms with Gasteiger partial charge in [-0.05, 0) is 35.4 Å². The van der Waals surface area contributed by atoms with Crippen LogP contribution in [0.5, 0.6) is 5.75 Å². The number of rotatable bonds is 3. The number of benzene rings is 1. The standard InChI is InChI=1S/C13H11Cl2NO2/c1-18-11-6-8(2-3-10(11)14)13(17)9-4-5-16-12(15)7-9/h2-7,13,17H,1H3. The number of pyridine rings is 1. The molecule has 1 aromatic carbocycles. The molecule has 1 unspecified atom stereocenters. The van der Waals surface area contributed by atoms with Crippen LogP contribution in [0.2, 0.25) is 10.2 Å². The Morgan fingerprint density at radius 2 is 1.89 bits per heavy atom. The number of aliphatic hydroxyl groups excluding tert-OH is 1.